The topological polar surface area (TPSA) is 51.0 Å². The lowest BCUT2D eigenvalue weighted by molar-refractivity contribution is -0.143. The molecule has 0 saturated heterocycles. The molecule has 118 valence electrons. The SMILES string of the molecule is COC(=O)C1C(c2ccc(F)cc2)=NC(SC)=NC1C(C)C. The Morgan fingerprint density at radius 3 is 2.45 bits per heavy atom. The van der Waals surface area contributed by atoms with Crippen molar-refractivity contribution in [3.8, 4) is 0 Å². The number of carbonyl (C=O) groups excluding carboxylic acids is 1. The van der Waals surface area contributed by atoms with E-state index in [1.807, 2.05) is 20.1 Å². The van der Waals surface area contributed by atoms with Crippen molar-refractivity contribution in [2.45, 2.75) is 19.9 Å². The monoisotopic (exact) mass is 322 g/mol. The van der Waals surface area contributed by atoms with Crippen molar-refractivity contribution in [1.82, 2.24) is 0 Å². The van der Waals surface area contributed by atoms with Crippen molar-refractivity contribution in [3.05, 3.63) is 35.6 Å². The van der Waals surface area contributed by atoms with Gasteiger partial charge in [0, 0.05) is 0 Å². The number of ether oxygens (including phenoxy) is 1. The second-order valence-electron chi connectivity index (χ2n) is 5.36. The Morgan fingerprint density at radius 2 is 1.95 bits per heavy atom. The third-order valence-electron chi connectivity index (χ3n) is 3.57. The Morgan fingerprint density at radius 1 is 1.32 bits per heavy atom. The van der Waals surface area contributed by atoms with Gasteiger partial charge >= 0.3 is 5.97 Å². The second kappa shape index (κ2) is 7.05. The summed E-state index contributed by atoms with van der Waals surface area (Å²) in [6.07, 6.45) is 1.89. The minimum atomic E-state index is -0.577. The van der Waals surface area contributed by atoms with E-state index in [-0.39, 0.29) is 23.7 Å². The molecule has 0 bridgehead atoms. The maximum absolute atomic E-state index is 13.2. The molecule has 22 heavy (non-hydrogen) atoms. The summed E-state index contributed by atoms with van der Waals surface area (Å²) in [5, 5.41) is 0.623. The maximum Gasteiger partial charge on any atom is 0.316 e. The molecule has 1 aliphatic heterocycles. The smallest absolute Gasteiger partial charge is 0.316 e. The van der Waals surface area contributed by atoms with Crippen molar-refractivity contribution in [2.75, 3.05) is 13.4 Å². The van der Waals surface area contributed by atoms with Gasteiger partial charge in [0.25, 0.3) is 0 Å². The highest BCUT2D eigenvalue weighted by Crippen LogP contribution is 2.29. The summed E-state index contributed by atoms with van der Waals surface area (Å²) < 4.78 is 18.1. The number of esters is 1. The number of hydrogen-bond donors (Lipinski definition) is 0. The largest absolute Gasteiger partial charge is 0.468 e. The van der Waals surface area contributed by atoms with E-state index in [4.69, 9.17) is 4.74 Å². The lowest BCUT2D eigenvalue weighted by atomic mass is 9.83. The van der Waals surface area contributed by atoms with Gasteiger partial charge in [-0.15, -0.1) is 0 Å². The molecular formula is C16H19FN2O2S. The van der Waals surface area contributed by atoms with Crippen LogP contribution in [0.25, 0.3) is 0 Å². The molecule has 1 aliphatic rings. The van der Waals surface area contributed by atoms with Crippen LogP contribution in [0, 0.1) is 17.7 Å². The number of hydrogen-bond acceptors (Lipinski definition) is 5. The molecule has 0 saturated carbocycles. The summed E-state index contributed by atoms with van der Waals surface area (Å²) in [7, 11) is 1.36. The molecular weight excluding hydrogens is 303 g/mol. The zero-order valence-corrected chi connectivity index (χ0v) is 13.9. The number of halogens is 1. The first kappa shape index (κ1) is 16.7. The molecule has 2 unspecified atom stereocenters. The molecule has 4 nitrogen and oxygen atoms in total. The van der Waals surface area contributed by atoms with Gasteiger partial charge in [0.15, 0.2) is 5.17 Å². The van der Waals surface area contributed by atoms with E-state index in [1.165, 1.54) is 31.0 Å². The quantitative estimate of drug-likeness (QED) is 0.803. The Bertz CT molecular complexity index is 611. The van der Waals surface area contributed by atoms with E-state index in [9.17, 15) is 9.18 Å². The number of methoxy groups -OCH3 is 1. The first-order valence-corrected chi connectivity index (χ1v) is 8.24. The number of amidine groups is 1. The zero-order valence-electron chi connectivity index (χ0n) is 13.0. The molecule has 0 amide bonds. The molecule has 2 atom stereocenters. The van der Waals surface area contributed by atoms with Gasteiger partial charge in [0.05, 0.1) is 18.9 Å². The highest BCUT2D eigenvalue weighted by Gasteiger charge is 2.39. The van der Waals surface area contributed by atoms with Crippen LogP contribution in [-0.4, -0.2) is 36.3 Å². The van der Waals surface area contributed by atoms with Gasteiger partial charge in [0.2, 0.25) is 0 Å². The fourth-order valence-electron chi connectivity index (χ4n) is 2.44. The number of rotatable bonds is 3. The lowest BCUT2D eigenvalue weighted by Gasteiger charge is -2.30. The highest BCUT2D eigenvalue weighted by atomic mass is 32.2. The van der Waals surface area contributed by atoms with Crippen LogP contribution in [0.2, 0.25) is 0 Å². The molecule has 1 heterocycles. The van der Waals surface area contributed by atoms with Crippen molar-refractivity contribution in [3.63, 3.8) is 0 Å². The number of aliphatic imine (C=N–C) groups is 2. The Hall–Kier alpha value is -1.69. The van der Waals surface area contributed by atoms with Gasteiger partial charge in [0.1, 0.15) is 11.7 Å². The number of thioether (sulfide) groups is 1. The standard InChI is InChI=1S/C16H19FN2O2S/c1-9(2)13-12(15(20)21-3)14(19-16(18-13)22-4)10-5-7-11(17)8-6-10/h5-9,12-13H,1-4H3. The van der Waals surface area contributed by atoms with Crippen LogP contribution < -0.4 is 0 Å². The van der Waals surface area contributed by atoms with Crippen LogP contribution in [0.4, 0.5) is 4.39 Å². The van der Waals surface area contributed by atoms with Crippen LogP contribution in [0.15, 0.2) is 34.3 Å². The Kier molecular flexibility index (Phi) is 5.34. The van der Waals surface area contributed by atoms with E-state index >= 15 is 0 Å². The molecule has 6 heteroatoms. The zero-order chi connectivity index (χ0) is 16.3. The fourth-order valence-corrected chi connectivity index (χ4v) is 2.86. The van der Waals surface area contributed by atoms with E-state index in [2.05, 4.69) is 9.98 Å². The van der Waals surface area contributed by atoms with Crippen molar-refractivity contribution >= 4 is 28.6 Å². The molecule has 2 rings (SSSR count). The third kappa shape index (κ3) is 3.38. The first-order valence-electron chi connectivity index (χ1n) is 7.02. The summed E-state index contributed by atoms with van der Waals surface area (Å²) >= 11 is 1.43. The molecule has 0 aromatic heterocycles. The Labute approximate surface area is 133 Å². The Balaban J connectivity index is 2.53. The maximum atomic E-state index is 13.2. The van der Waals surface area contributed by atoms with E-state index < -0.39 is 5.92 Å². The minimum absolute atomic E-state index is 0.150. The second-order valence-corrected chi connectivity index (χ2v) is 6.13. The van der Waals surface area contributed by atoms with Crippen LogP contribution in [0.1, 0.15) is 19.4 Å². The molecule has 1 aromatic rings. The molecule has 0 spiro atoms. The number of nitrogens with zero attached hydrogens (tertiary/aromatic N) is 2. The van der Waals surface area contributed by atoms with Gasteiger partial charge < -0.3 is 4.74 Å². The van der Waals surface area contributed by atoms with Crippen LogP contribution in [-0.2, 0) is 9.53 Å². The van der Waals surface area contributed by atoms with Gasteiger partial charge in [-0.2, -0.15) is 0 Å². The molecule has 0 fully saturated rings. The minimum Gasteiger partial charge on any atom is -0.468 e. The molecule has 0 aliphatic carbocycles. The average Bonchev–Trinajstić information content (AvgIpc) is 2.53. The van der Waals surface area contributed by atoms with Gasteiger partial charge in [-0.05, 0) is 29.9 Å². The lowest BCUT2D eigenvalue weighted by Crippen LogP contribution is -2.41. The normalized spacial score (nSPS) is 21.4. The summed E-state index contributed by atoms with van der Waals surface area (Å²) in [6.45, 7) is 4.02. The predicted molar refractivity (Wildman–Crippen MR) is 88.0 cm³/mol. The van der Waals surface area contributed by atoms with Crippen molar-refractivity contribution in [1.29, 1.82) is 0 Å². The van der Waals surface area contributed by atoms with Crippen molar-refractivity contribution in [2.24, 2.45) is 21.8 Å². The molecule has 1 aromatic carbocycles. The summed E-state index contributed by atoms with van der Waals surface area (Å²) in [5.74, 6) is -1.12. The van der Waals surface area contributed by atoms with Gasteiger partial charge in [-0.1, -0.05) is 37.7 Å². The average molecular weight is 322 g/mol. The summed E-state index contributed by atoms with van der Waals surface area (Å²) in [5.41, 5.74) is 1.30. The number of benzene rings is 1. The van der Waals surface area contributed by atoms with Crippen molar-refractivity contribution < 1.29 is 13.9 Å². The number of carbonyl (C=O) groups is 1. The van der Waals surface area contributed by atoms with Gasteiger partial charge in [-0.3, -0.25) is 9.79 Å². The van der Waals surface area contributed by atoms with Crippen LogP contribution in [0.3, 0.4) is 0 Å². The molecule has 0 radical (unpaired) electrons. The third-order valence-corrected chi connectivity index (χ3v) is 4.13. The van der Waals surface area contributed by atoms with Crippen LogP contribution >= 0.6 is 11.8 Å². The first-order chi connectivity index (χ1) is 10.5. The van der Waals surface area contributed by atoms with E-state index in [0.717, 1.165) is 0 Å². The van der Waals surface area contributed by atoms with E-state index in [0.29, 0.717) is 16.4 Å². The van der Waals surface area contributed by atoms with E-state index in [1.54, 1.807) is 12.1 Å². The molecule has 0 N–H and O–H groups in total. The van der Waals surface area contributed by atoms with Crippen LogP contribution in [0.5, 0.6) is 0 Å². The summed E-state index contributed by atoms with van der Waals surface area (Å²) in [4.78, 5) is 21.3. The summed E-state index contributed by atoms with van der Waals surface area (Å²) in [6, 6.07) is 5.74. The highest BCUT2D eigenvalue weighted by molar-refractivity contribution is 8.13. The van der Waals surface area contributed by atoms with Gasteiger partial charge in [-0.25, -0.2) is 9.38 Å². The predicted octanol–water partition coefficient (Wildman–Crippen LogP) is 3.16. The fraction of sp³-hybridized carbons (Fsp3) is 0.438.